The van der Waals surface area contributed by atoms with Gasteiger partial charge in [0.2, 0.25) is 5.95 Å². The van der Waals surface area contributed by atoms with Crippen LogP contribution < -0.4 is 5.32 Å². The third-order valence-electron chi connectivity index (χ3n) is 3.97. The fourth-order valence-electron chi connectivity index (χ4n) is 2.59. The van der Waals surface area contributed by atoms with Crippen LogP contribution in [0.5, 0.6) is 0 Å². The van der Waals surface area contributed by atoms with Crippen LogP contribution in [0.3, 0.4) is 0 Å². The quantitative estimate of drug-likeness (QED) is 0.892. The summed E-state index contributed by atoms with van der Waals surface area (Å²) in [4.78, 5) is 9.27. The highest BCUT2D eigenvalue weighted by molar-refractivity contribution is 5.45. The number of pyridine rings is 1. The summed E-state index contributed by atoms with van der Waals surface area (Å²) < 4.78 is 1.81. The molecule has 3 rings (SSSR count). The lowest BCUT2D eigenvalue weighted by Gasteiger charge is -2.37. The molecular weight excluding hydrogens is 252 g/mol. The van der Waals surface area contributed by atoms with Crippen molar-refractivity contribution in [2.75, 3.05) is 45.6 Å². The van der Waals surface area contributed by atoms with Gasteiger partial charge >= 0.3 is 0 Å². The summed E-state index contributed by atoms with van der Waals surface area (Å²) in [5, 5.41) is 7.81. The Bertz CT molecular complexity index is 592. The van der Waals surface area contributed by atoms with Crippen LogP contribution in [0.25, 0.3) is 5.65 Å². The third-order valence-corrected chi connectivity index (χ3v) is 3.97. The van der Waals surface area contributed by atoms with E-state index >= 15 is 0 Å². The van der Waals surface area contributed by atoms with E-state index in [-0.39, 0.29) is 0 Å². The van der Waals surface area contributed by atoms with Gasteiger partial charge in [0.1, 0.15) is 0 Å². The van der Waals surface area contributed by atoms with E-state index in [1.807, 2.05) is 22.8 Å². The molecule has 0 radical (unpaired) electrons. The van der Waals surface area contributed by atoms with Gasteiger partial charge in [0.05, 0.1) is 0 Å². The number of hydrogen-bond donors (Lipinski definition) is 1. The molecule has 6 nitrogen and oxygen atoms in total. The van der Waals surface area contributed by atoms with Gasteiger partial charge in [0, 0.05) is 38.4 Å². The molecule has 0 aliphatic carbocycles. The van der Waals surface area contributed by atoms with Gasteiger partial charge in [-0.25, -0.2) is 4.52 Å². The van der Waals surface area contributed by atoms with Crippen molar-refractivity contribution in [2.24, 2.45) is 0 Å². The van der Waals surface area contributed by atoms with Crippen molar-refractivity contribution in [1.82, 2.24) is 24.4 Å². The SMILES string of the molecule is Cc1ccn2nc(NCC3CN(C)CCN3C)nc2c1. The Labute approximate surface area is 119 Å². The lowest BCUT2D eigenvalue weighted by atomic mass is 10.2. The zero-order chi connectivity index (χ0) is 14.1. The maximum atomic E-state index is 4.51. The van der Waals surface area contributed by atoms with Crippen LogP contribution in [0, 0.1) is 6.92 Å². The minimum absolute atomic E-state index is 0.502. The van der Waals surface area contributed by atoms with Crippen LogP contribution in [0.1, 0.15) is 5.56 Å². The first kappa shape index (κ1) is 13.3. The Morgan fingerprint density at radius 3 is 3.05 bits per heavy atom. The monoisotopic (exact) mass is 274 g/mol. The fourth-order valence-corrected chi connectivity index (χ4v) is 2.59. The average Bonchev–Trinajstić information content (AvgIpc) is 2.81. The molecule has 2 aromatic heterocycles. The first-order valence-corrected chi connectivity index (χ1v) is 7.07. The van der Waals surface area contributed by atoms with E-state index in [9.17, 15) is 0 Å². The molecule has 108 valence electrons. The summed E-state index contributed by atoms with van der Waals surface area (Å²) in [6.07, 6.45) is 1.95. The molecule has 0 saturated carbocycles. The molecule has 1 fully saturated rings. The molecule has 1 N–H and O–H groups in total. The molecule has 0 aromatic carbocycles. The van der Waals surface area contributed by atoms with E-state index in [2.05, 4.69) is 46.2 Å². The second-order valence-electron chi connectivity index (χ2n) is 5.72. The van der Waals surface area contributed by atoms with Crippen molar-refractivity contribution in [3.8, 4) is 0 Å². The zero-order valence-electron chi connectivity index (χ0n) is 12.4. The topological polar surface area (TPSA) is 48.7 Å². The molecule has 20 heavy (non-hydrogen) atoms. The summed E-state index contributed by atoms with van der Waals surface area (Å²) in [5.74, 6) is 0.706. The van der Waals surface area contributed by atoms with Crippen molar-refractivity contribution >= 4 is 11.6 Å². The molecule has 6 heteroatoms. The lowest BCUT2D eigenvalue weighted by Crippen LogP contribution is -2.52. The molecular formula is C14H22N6. The summed E-state index contributed by atoms with van der Waals surface area (Å²) in [6, 6.07) is 4.58. The number of hydrogen-bond acceptors (Lipinski definition) is 5. The lowest BCUT2D eigenvalue weighted by molar-refractivity contribution is 0.121. The zero-order valence-corrected chi connectivity index (χ0v) is 12.4. The van der Waals surface area contributed by atoms with Crippen LogP contribution >= 0.6 is 0 Å². The molecule has 1 saturated heterocycles. The average molecular weight is 274 g/mol. The van der Waals surface area contributed by atoms with Crippen molar-refractivity contribution in [3.63, 3.8) is 0 Å². The van der Waals surface area contributed by atoms with Gasteiger partial charge in [-0.15, -0.1) is 5.10 Å². The van der Waals surface area contributed by atoms with Gasteiger partial charge in [-0.05, 0) is 38.7 Å². The molecule has 0 amide bonds. The normalized spacial score (nSPS) is 21.4. The molecule has 0 bridgehead atoms. The summed E-state index contributed by atoms with van der Waals surface area (Å²) in [7, 11) is 4.35. The number of rotatable bonds is 3. The number of likely N-dealkylation sites (N-methyl/N-ethyl adjacent to an activating group) is 2. The number of nitrogens with one attached hydrogen (secondary N) is 1. The number of fused-ring (bicyclic) bond motifs is 1. The Hall–Kier alpha value is -1.66. The van der Waals surface area contributed by atoms with E-state index in [0.29, 0.717) is 12.0 Å². The Morgan fingerprint density at radius 1 is 1.35 bits per heavy atom. The minimum Gasteiger partial charge on any atom is -0.351 e. The summed E-state index contributed by atoms with van der Waals surface area (Å²) >= 11 is 0. The molecule has 3 heterocycles. The summed E-state index contributed by atoms with van der Waals surface area (Å²) in [6.45, 7) is 6.26. The first-order valence-electron chi connectivity index (χ1n) is 7.07. The van der Waals surface area contributed by atoms with Crippen LogP contribution in [-0.4, -0.2) is 70.7 Å². The van der Waals surface area contributed by atoms with E-state index in [0.717, 1.165) is 31.8 Å². The third kappa shape index (κ3) is 2.76. The van der Waals surface area contributed by atoms with Gasteiger partial charge in [-0.2, -0.15) is 4.98 Å². The molecule has 1 atom stereocenters. The van der Waals surface area contributed by atoms with Crippen LogP contribution in [-0.2, 0) is 0 Å². The van der Waals surface area contributed by atoms with E-state index in [1.54, 1.807) is 0 Å². The van der Waals surface area contributed by atoms with Gasteiger partial charge in [-0.3, -0.25) is 4.90 Å². The fraction of sp³-hybridized carbons (Fsp3) is 0.571. The summed E-state index contributed by atoms with van der Waals surface area (Å²) in [5.41, 5.74) is 2.09. The van der Waals surface area contributed by atoms with Crippen molar-refractivity contribution in [2.45, 2.75) is 13.0 Å². The van der Waals surface area contributed by atoms with Gasteiger partial charge in [0.25, 0.3) is 0 Å². The second kappa shape index (κ2) is 5.38. The Balaban J connectivity index is 1.67. The number of aryl methyl sites for hydroxylation is 1. The van der Waals surface area contributed by atoms with Gasteiger partial charge in [-0.1, -0.05) is 0 Å². The van der Waals surface area contributed by atoms with E-state index in [4.69, 9.17) is 0 Å². The second-order valence-corrected chi connectivity index (χ2v) is 5.72. The van der Waals surface area contributed by atoms with Gasteiger partial charge in [0.15, 0.2) is 5.65 Å². The Morgan fingerprint density at radius 2 is 2.20 bits per heavy atom. The number of anilines is 1. The number of nitrogens with zero attached hydrogens (tertiary/aromatic N) is 5. The largest absolute Gasteiger partial charge is 0.351 e. The molecule has 2 aromatic rings. The minimum atomic E-state index is 0.502. The molecule has 1 aliphatic heterocycles. The van der Waals surface area contributed by atoms with Crippen LogP contribution in [0.2, 0.25) is 0 Å². The maximum absolute atomic E-state index is 4.51. The molecule has 0 spiro atoms. The van der Waals surface area contributed by atoms with Crippen molar-refractivity contribution in [1.29, 1.82) is 0 Å². The number of aromatic nitrogens is 3. The number of piperazine rings is 1. The standard InChI is InChI=1S/C14H22N6/c1-11-4-5-20-13(8-11)16-14(17-20)15-9-12-10-18(2)6-7-19(12)3/h4-5,8,12H,6-7,9-10H2,1-3H3,(H,15,17). The molecule has 1 aliphatic rings. The molecule has 1 unspecified atom stereocenters. The first-order chi connectivity index (χ1) is 9.61. The smallest absolute Gasteiger partial charge is 0.243 e. The van der Waals surface area contributed by atoms with Crippen LogP contribution in [0.4, 0.5) is 5.95 Å². The van der Waals surface area contributed by atoms with Crippen molar-refractivity contribution in [3.05, 3.63) is 23.9 Å². The van der Waals surface area contributed by atoms with E-state index < -0.39 is 0 Å². The predicted octanol–water partition coefficient (Wildman–Crippen LogP) is 0.695. The van der Waals surface area contributed by atoms with E-state index in [1.165, 1.54) is 5.56 Å². The Kier molecular flexibility index (Phi) is 3.58. The maximum Gasteiger partial charge on any atom is 0.243 e. The highest BCUT2D eigenvalue weighted by atomic mass is 15.4. The highest BCUT2D eigenvalue weighted by Crippen LogP contribution is 2.10. The van der Waals surface area contributed by atoms with Crippen molar-refractivity contribution < 1.29 is 0 Å². The van der Waals surface area contributed by atoms with Crippen LogP contribution in [0.15, 0.2) is 18.3 Å². The highest BCUT2D eigenvalue weighted by Gasteiger charge is 2.22. The van der Waals surface area contributed by atoms with Gasteiger partial charge < -0.3 is 10.2 Å². The predicted molar refractivity (Wildman–Crippen MR) is 80.1 cm³/mol.